The Morgan fingerprint density at radius 2 is 1.59 bits per heavy atom. The van der Waals surface area contributed by atoms with Gasteiger partial charge in [0.15, 0.2) is 0 Å². The molecule has 0 aliphatic rings. The standard InChI is InChI=1S/C20H22Cl2N2O2S/c1-3-18(20(26)23-2)24(12-14-4-6-15(21)7-5-14)19(25)13-27-17-10-8-16(22)9-11-17/h4-11,18H,3,12-13H2,1-2H3,(H,23,26). The number of nitrogens with one attached hydrogen (secondary N) is 1. The lowest BCUT2D eigenvalue weighted by Crippen LogP contribution is -2.48. The highest BCUT2D eigenvalue weighted by molar-refractivity contribution is 8.00. The maximum Gasteiger partial charge on any atom is 0.242 e. The molecule has 0 aromatic heterocycles. The SMILES string of the molecule is CCC(C(=O)NC)N(Cc1ccc(Cl)cc1)C(=O)CSc1ccc(Cl)cc1. The quantitative estimate of drug-likeness (QED) is 0.627. The number of amides is 2. The highest BCUT2D eigenvalue weighted by atomic mass is 35.5. The molecule has 0 heterocycles. The third kappa shape index (κ3) is 6.45. The number of halogens is 2. The molecule has 27 heavy (non-hydrogen) atoms. The van der Waals surface area contributed by atoms with Crippen molar-refractivity contribution < 1.29 is 9.59 Å². The van der Waals surface area contributed by atoms with E-state index in [2.05, 4.69) is 5.32 Å². The minimum Gasteiger partial charge on any atom is -0.357 e. The molecule has 0 spiro atoms. The number of likely N-dealkylation sites (N-methyl/N-ethyl adjacent to an activating group) is 1. The van der Waals surface area contributed by atoms with E-state index in [1.807, 2.05) is 31.2 Å². The molecule has 0 fully saturated rings. The van der Waals surface area contributed by atoms with Crippen molar-refractivity contribution in [1.82, 2.24) is 10.2 Å². The first-order chi connectivity index (χ1) is 12.9. The van der Waals surface area contributed by atoms with Crippen molar-refractivity contribution in [3.8, 4) is 0 Å². The molecule has 0 radical (unpaired) electrons. The minimum absolute atomic E-state index is 0.0969. The molecular weight excluding hydrogens is 403 g/mol. The van der Waals surface area contributed by atoms with Gasteiger partial charge in [0.2, 0.25) is 11.8 Å². The van der Waals surface area contributed by atoms with Crippen LogP contribution in [0.1, 0.15) is 18.9 Å². The maximum atomic E-state index is 12.9. The number of hydrogen-bond acceptors (Lipinski definition) is 3. The monoisotopic (exact) mass is 424 g/mol. The Morgan fingerprint density at radius 1 is 1.04 bits per heavy atom. The van der Waals surface area contributed by atoms with E-state index >= 15 is 0 Å². The van der Waals surface area contributed by atoms with Gasteiger partial charge in [-0.25, -0.2) is 0 Å². The average molecular weight is 425 g/mol. The summed E-state index contributed by atoms with van der Waals surface area (Å²) in [7, 11) is 1.58. The molecule has 0 saturated heterocycles. The number of carbonyl (C=O) groups excluding carboxylic acids is 2. The van der Waals surface area contributed by atoms with Gasteiger partial charge in [0, 0.05) is 28.5 Å². The van der Waals surface area contributed by atoms with E-state index < -0.39 is 6.04 Å². The molecule has 2 aromatic carbocycles. The number of hydrogen-bond donors (Lipinski definition) is 1. The van der Waals surface area contributed by atoms with Crippen LogP contribution in [0, 0.1) is 0 Å². The Hall–Kier alpha value is -1.69. The van der Waals surface area contributed by atoms with Gasteiger partial charge in [0.25, 0.3) is 0 Å². The smallest absolute Gasteiger partial charge is 0.242 e. The Balaban J connectivity index is 2.15. The number of thioether (sulfide) groups is 1. The van der Waals surface area contributed by atoms with Crippen LogP contribution in [0.3, 0.4) is 0 Å². The largest absolute Gasteiger partial charge is 0.357 e. The van der Waals surface area contributed by atoms with Gasteiger partial charge < -0.3 is 10.2 Å². The zero-order valence-electron chi connectivity index (χ0n) is 15.2. The first-order valence-corrected chi connectivity index (χ1v) is 10.3. The summed E-state index contributed by atoms with van der Waals surface area (Å²) >= 11 is 13.3. The lowest BCUT2D eigenvalue weighted by atomic mass is 10.1. The van der Waals surface area contributed by atoms with Crippen LogP contribution in [-0.2, 0) is 16.1 Å². The van der Waals surface area contributed by atoms with Gasteiger partial charge in [-0.3, -0.25) is 9.59 Å². The van der Waals surface area contributed by atoms with E-state index in [0.717, 1.165) is 10.5 Å². The Labute approximate surface area is 174 Å². The second-order valence-electron chi connectivity index (χ2n) is 5.93. The summed E-state index contributed by atoms with van der Waals surface area (Å²) in [4.78, 5) is 27.8. The molecule has 4 nitrogen and oxygen atoms in total. The number of carbonyl (C=O) groups is 2. The Morgan fingerprint density at radius 3 is 2.11 bits per heavy atom. The van der Waals surface area contributed by atoms with Crippen LogP contribution < -0.4 is 5.32 Å². The van der Waals surface area contributed by atoms with Crippen molar-refractivity contribution >= 4 is 46.8 Å². The van der Waals surface area contributed by atoms with E-state index in [-0.39, 0.29) is 17.6 Å². The van der Waals surface area contributed by atoms with Crippen molar-refractivity contribution in [2.75, 3.05) is 12.8 Å². The van der Waals surface area contributed by atoms with Crippen LogP contribution >= 0.6 is 35.0 Å². The van der Waals surface area contributed by atoms with Gasteiger partial charge in [0.05, 0.1) is 5.75 Å². The molecule has 7 heteroatoms. The highest BCUT2D eigenvalue weighted by Crippen LogP contribution is 2.22. The summed E-state index contributed by atoms with van der Waals surface area (Å²) in [6.07, 6.45) is 0.532. The number of nitrogens with zero attached hydrogens (tertiary/aromatic N) is 1. The summed E-state index contributed by atoms with van der Waals surface area (Å²) in [6, 6.07) is 14.1. The predicted octanol–water partition coefficient (Wildman–Crippen LogP) is 4.64. The predicted molar refractivity (Wildman–Crippen MR) is 112 cm³/mol. The first-order valence-electron chi connectivity index (χ1n) is 8.58. The molecule has 0 aliphatic carbocycles. The molecular formula is C20H22Cl2N2O2S. The highest BCUT2D eigenvalue weighted by Gasteiger charge is 2.27. The van der Waals surface area contributed by atoms with E-state index in [0.29, 0.717) is 23.0 Å². The van der Waals surface area contributed by atoms with Crippen LogP contribution in [0.25, 0.3) is 0 Å². The maximum absolute atomic E-state index is 12.9. The first kappa shape index (κ1) is 21.6. The summed E-state index contributed by atoms with van der Waals surface area (Å²) in [5, 5.41) is 3.94. The molecule has 0 bridgehead atoms. The zero-order chi connectivity index (χ0) is 19.8. The lowest BCUT2D eigenvalue weighted by molar-refractivity contribution is -0.139. The summed E-state index contributed by atoms with van der Waals surface area (Å²) < 4.78 is 0. The zero-order valence-corrected chi connectivity index (χ0v) is 17.6. The van der Waals surface area contributed by atoms with E-state index in [1.54, 1.807) is 36.2 Å². The fourth-order valence-corrected chi connectivity index (χ4v) is 3.67. The second kappa shape index (κ2) is 10.6. The average Bonchev–Trinajstić information content (AvgIpc) is 2.68. The van der Waals surface area contributed by atoms with E-state index in [9.17, 15) is 9.59 Å². The molecule has 0 aliphatic heterocycles. The molecule has 1 N–H and O–H groups in total. The fraction of sp³-hybridized carbons (Fsp3) is 0.300. The van der Waals surface area contributed by atoms with Crippen LogP contribution in [0.4, 0.5) is 0 Å². The van der Waals surface area contributed by atoms with Crippen molar-refractivity contribution in [3.05, 3.63) is 64.1 Å². The topological polar surface area (TPSA) is 49.4 Å². The van der Waals surface area contributed by atoms with Gasteiger partial charge in [-0.05, 0) is 48.4 Å². The van der Waals surface area contributed by atoms with Gasteiger partial charge in [0.1, 0.15) is 6.04 Å². The van der Waals surface area contributed by atoms with Gasteiger partial charge in [-0.15, -0.1) is 11.8 Å². The van der Waals surface area contributed by atoms with Crippen molar-refractivity contribution in [1.29, 1.82) is 0 Å². The Bertz CT molecular complexity index is 767. The second-order valence-corrected chi connectivity index (χ2v) is 7.85. The van der Waals surface area contributed by atoms with Gasteiger partial charge >= 0.3 is 0 Å². The van der Waals surface area contributed by atoms with Gasteiger partial charge in [-0.1, -0.05) is 42.3 Å². The molecule has 2 aromatic rings. The van der Waals surface area contributed by atoms with Crippen molar-refractivity contribution in [3.63, 3.8) is 0 Å². The number of rotatable bonds is 8. The Kier molecular flexibility index (Phi) is 8.48. The molecule has 2 amide bonds. The molecule has 1 unspecified atom stereocenters. The van der Waals surface area contributed by atoms with Crippen LogP contribution in [0.2, 0.25) is 10.0 Å². The van der Waals surface area contributed by atoms with Crippen LogP contribution in [0.5, 0.6) is 0 Å². The fourth-order valence-electron chi connectivity index (χ4n) is 2.63. The van der Waals surface area contributed by atoms with Gasteiger partial charge in [-0.2, -0.15) is 0 Å². The van der Waals surface area contributed by atoms with Crippen molar-refractivity contribution in [2.45, 2.75) is 30.8 Å². The third-order valence-electron chi connectivity index (χ3n) is 4.07. The van der Waals surface area contributed by atoms with Crippen LogP contribution in [0.15, 0.2) is 53.4 Å². The van der Waals surface area contributed by atoms with E-state index in [4.69, 9.17) is 23.2 Å². The third-order valence-corrected chi connectivity index (χ3v) is 5.58. The molecule has 2 rings (SSSR count). The number of benzene rings is 2. The summed E-state index contributed by atoms with van der Waals surface area (Å²) in [5.41, 5.74) is 0.923. The van der Waals surface area contributed by atoms with Crippen molar-refractivity contribution in [2.24, 2.45) is 0 Å². The summed E-state index contributed by atoms with van der Waals surface area (Å²) in [5.74, 6) is -0.0282. The van der Waals surface area contributed by atoms with Crippen LogP contribution in [-0.4, -0.2) is 35.6 Å². The molecule has 1 atom stereocenters. The molecule has 0 saturated carbocycles. The van der Waals surface area contributed by atoms with E-state index in [1.165, 1.54) is 11.8 Å². The summed E-state index contributed by atoms with van der Waals surface area (Å²) in [6.45, 7) is 2.25. The normalized spacial score (nSPS) is 11.7. The lowest BCUT2D eigenvalue weighted by Gasteiger charge is -2.30. The molecule has 144 valence electrons. The minimum atomic E-state index is -0.524.